The third-order valence-corrected chi connectivity index (χ3v) is 5.86. The molecule has 2 aliphatic rings. The summed E-state index contributed by atoms with van der Waals surface area (Å²) in [5, 5.41) is 8.69. The standard InChI is InChI=1S/C17H11BrN4OS/c18-10-4-6-11(7-5-10)22-16-12-2-1-3-14-17(12)21(15(23)9-24-14)8-13(16)19-20-22/h1-7H,8-9H2. The number of benzene rings is 2. The van der Waals surface area contributed by atoms with Gasteiger partial charge in [-0.3, -0.25) is 4.79 Å². The molecule has 0 radical (unpaired) electrons. The molecule has 5 nitrogen and oxygen atoms in total. The van der Waals surface area contributed by atoms with Gasteiger partial charge < -0.3 is 4.90 Å². The number of nitrogens with zero attached hydrogens (tertiary/aromatic N) is 4. The number of anilines is 1. The molecule has 118 valence electrons. The Balaban J connectivity index is 1.76. The number of carbonyl (C=O) groups is 1. The number of hydrogen-bond donors (Lipinski definition) is 0. The summed E-state index contributed by atoms with van der Waals surface area (Å²) >= 11 is 5.06. The SMILES string of the molecule is O=C1CSc2cccc3c2N1Cc1nnn(-c2ccc(Br)cc2)c1-3. The van der Waals surface area contributed by atoms with Gasteiger partial charge in [0, 0.05) is 14.9 Å². The van der Waals surface area contributed by atoms with Crippen molar-refractivity contribution in [2.45, 2.75) is 11.4 Å². The lowest BCUT2D eigenvalue weighted by atomic mass is 10.0. The lowest BCUT2D eigenvalue weighted by molar-refractivity contribution is -0.116. The van der Waals surface area contributed by atoms with Gasteiger partial charge in [-0.15, -0.1) is 16.9 Å². The van der Waals surface area contributed by atoms with Crippen molar-refractivity contribution in [3.63, 3.8) is 0 Å². The molecule has 5 rings (SSSR count). The van der Waals surface area contributed by atoms with E-state index in [0.717, 1.165) is 37.7 Å². The maximum absolute atomic E-state index is 12.3. The Hall–Kier alpha value is -2.12. The number of para-hydroxylation sites is 1. The van der Waals surface area contributed by atoms with Gasteiger partial charge in [-0.05, 0) is 30.3 Å². The zero-order valence-corrected chi connectivity index (χ0v) is 14.8. The van der Waals surface area contributed by atoms with E-state index >= 15 is 0 Å². The highest BCUT2D eigenvalue weighted by Crippen LogP contribution is 2.47. The molecule has 0 bridgehead atoms. The van der Waals surface area contributed by atoms with Crippen LogP contribution in [0.3, 0.4) is 0 Å². The van der Waals surface area contributed by atoms with Gasteiger partial charge in [0.2, 0.25) is 5.91 Å². The van der Waals surface area contributed by atoms with Crippen LogP contribution in [0.2, 0.25) is 0 Å². The molecular weight excluding hydrogens is 388 g/mol. The summed E-state index contributed by atoms with van der Waals surface area (Å²) in [4.78, 5) is 15.3. The van der Waals surface area contributed by atoms with Gasteiger partial charge in [0.1, 0.15) is 11.4 Å². The molecule has 0 aliphatic carbocycles. The first-order chi connectivity index (χ1) is 11.7. The van der Waals surface area contributed by atoms with Crippen LogP contribution in [0.25, 0.3) is 16.9 Å². The number of carbonyl (C=O) groups excluding carboxylic acids is 1. The van der Waals surface area contributed by atoms with Crippen molar-refractivity contribution in [3.8, 4) is 16.9 Å². The molecule has 0 N–H and O–H groups in total. The highest BCUT2D eigenvalue weighted by atomic mass is 79.9. The van der Waals surface area contributed by atoms with Crippen LogP contribution in [0.15, 0.2) is 51.8 Å². The van der Waals surface area contributed by atoms with E-state index in [0.29, 0.717) is 12.3 Å². The van der Waals surface area contributed by atoms with Crippen LogP contribution < -0.4 is 4.90 Å². The Morgan fingerprint density at radius 2 is 1.96 bits per heavy atom. The minimum absolute atomic E-state index is 0.129. The Labute approximate surface area is 150 Å². The number of rotatable bonds is 1. The summed E-state index contributed by atoms with van der Waals surface area (Å²) in [6.45, 7) is 0.481. The second-order valence-corrected chi connectivity index (χ2v) is 7.63. The Morgan fingerprint density at radius 3 is 2.79 bits per heavy atom. The van der Waals surface area contributed by atoms with Crippen molar-refractivity contribution in [2.24, 2.45) is 0 Å². The van der Waals surface area contributed by atoms with Gasteiger partial charge in [0.05, 0.1) is 23.7 Å². The number of amides is 1. The van der Waals surface area contributed by atoms with Crippen molar-refractivity contribution in [1.29, 1.82) is 0 Å². The van der Waals surface area contributed by atoms with Crippen LogP contribution in [0.5, 0.6) is 0 Å². The number of aromatic nitrogens is 3. The summed E-state index contributed by atoms with van der Waals surface area (Å²) in [5.41, 5.74) is 4.77. The highest BCUT2D eigenvalue weighted by molar-refractivity contribution is 9.10. The summed E-state index contributed by atoms with van der Waals surface area (Å²) in [6.07, 6.45) is 0. The van der Waals surface area contributed by atoms with E-state index in [4.69, 9.17) is 0 Å². The molecule has 3 aromatic rings. The van der Waals surface area contributed by atoms with Gasteiger partial charge in [-0.25, -0.2) is 4.68 Å². The molecule has 0 saturated heterocycles. The Morgan fingerprint density at radius 1 is 1.12 bits per heavy atom. The summed E-state index contributed by atoms with van der Waals surface area (Å²) < 4.78 is 2.88. The molecule has 7 heteroatoms. The predicted molar refractivity (Wildman–Crippen MR) is 96.4 cm³/mol. The second-order valence-electron chi connectivity index (χ2n) is 5.69. The van der Waals surface area contributed by atoms with Crippen molar-refractivity contribution in [3.05, 3.63) is 52.6 Å². The molecule has 0 fully saturated rings. The van der Waals surface area contributed by atoms with Crippen molar-refractivity contribution in [1.82, 2.24) is 15.0 Å². The van der Waals surface area contributed by atoms with Crippen LogP contribution in [-0.4, -0.2) is 26.7 Å². The van der Waals surface area contributed by atoms with E-state index in [1.165, 1.54) is 0 Å². The van der Waals surface area contributed by atoms with Gasteiger partial charge in [0.25, 0.3) is 0 Å². The molecule has 2 aliphatic heterocycles. The van der Waals surface area contributed by atoms with Crippen LogP contribution in [0.1, 0.15) is 5.69 Å². The summed E-state index contributed by atoms with van der Waals surface area (Å²) in [6, 6.07) is 14.1. The van der Waals surface area contributed by atoms with E-state index in [2.05, 4.69) is 32.3 Å². The van der Waals surface area contributed by atoms with Gasteiger partial charge in [-0.1, -0.05) is 33.3 Å². The summed E-state index contributed by atoms with van der Waals surface area (Å²) in [5.74, 6) is 0.607. The minimum atomic E-state index is 0.129. The van der Waals surface area contributed by atoms with E-state index in [-0.39, 0.29) is 5.91 Å². The maximum Gasteiger partial charge on any atom is 0.237 e. The van der Waals surface area contributed by atoms with Gasteiger partial charge in [0.15, 0.2) is 0 Å². The maximum atomic E-state index is 12.3. The zero-order valence-electron chi connectivity index (χ0n) is 12.4. The predicted octanol–water partition coefficient (Wildman–Crippen LogP) is 3.65. The van der Waals surface area contributed by atoms with E-state index < -0.39 is 0 Å². The average Bonchev–Trinajstić information content (AvgIpc) is 3.03. The number of hydrogen-bond acceptors (Lipinski definition) is 4. The quantitative estimate of drug-likeness (QED) is 0.627. The van der Waals surface area contributed by atoms with Crippen LogP contribution in [0, 0.1) is 0 Å². The van der Waals surface area contributed by atoms with Gasteiger partial charge in [-0.2, -0.15) is 0 Å². The highest BCUT2D eigenvalue weighted by Gasteiger charge is 2.35. The first-order valence-corrected chi connectivity index (χ1v) is 9.27. The third kappa shape index (κ3) is 1.98. The molecule has 0 atom stereocenters. The monoisotopic (exact) mass is 398 g/mol. The molecule has 0 saturated carbocycles. The van der Waals surface area contributed by atoms with E-state index in [9.17, 15) is 4.79 Å². The molecule has 24 heavy (non-hydrogen) atoms. The first kappa shape index (κ1) is 14.2. The molecule has 1 amide bonds. The fourth-order valence-corrected chi connectivity index (χ4v) is 4.45. The Bertz CT molecular complexity index is 983. The van der Waals surface area contributed by atoms with Crippen molar-refractivity contribution < 1.29 is 4.79 Å². The lowest BCUT2D eigenvalue weighted by Crippen LogP contribution is -2.37. The molecule has 0 unspecified atom stereocenters. The molecule has 0 spiro atoms. The van der Waals surface area contributed by atoms with Crippen LogP contribution in [-0.2, 0) is 11.3 Å². The summed E-state index contributed by atoms with van der Waals surface area (Å²) in [7, 11) is 0. The average molecular weight is 399 g/mol. The van der Waals surface area contributed by atoms with Crippen molar-refractivity contribution in [2.75, 3.05) is 10.7 Å². The largest absolute Gasteiger partial charge is 0.304 e. The van der Waals surface area contributed by atoms with E-state index in [1.807, 2.05) is 46.0 Å². The minimum Gasteiger partial charge on any atom is -0.304 e. The normalized spacial score (nSPS) is 15.2. The second kappa shape index (κ2) is 5.19. The topological polar surface area (TPSA) is 51.0 Å². The fraction of sp³-hybridized carbons (Fsp3) is 0.118. The van der Waals surface area contributed by atoms with E-state index in [1.54, 1.807) is 11.8 Å². The first-order valence-electron chi connectivity index (χ1n) is 7.49. The fourth-order valence-electron chi connectivity index (χ4n) is 3.22. The molecule has 2 aromatic carbocycles. The molecule has 1 aromatic heterocycles. The molecule has 3 heterocycles. The third-order valence-electron chi connectivity index (χ3n) is 4.30. The number of fused-ring (bicyclic) bond motifs is 2. The lowest BCUT2D eigenvalue weighted by Gasteiger charge is -2.33. The van der Waals surface area contributed by atoms with Crippen LogP contribution >= 0.6 is 27.7 Å². The zero-order chi connectivity index (χ0) is 16.3. The van der Waals surface area contributed by atoms with Crippen LogP contribution in [0.4, 0.5) is 5.69 Å². The van der Waals surface area contributed by atoms with Crippen molar-refractivity contribution >= 4 is 39.3 Å². The number of halogens is 1. The molecular formula is C17H11BrN4OS. The smallest absolute Gasteiger partial charge is 0.237 e. The Kier molecular flexibility index (Phi) is 3.08. The number of thioether (sulfide) groups is 1. The van der Waals surface area contributed by atoms with Gasteiger partial charge >= 0.3 is 0 Å².